The summed E-state index contributed by atoms with van der Waals surface area (Å²) in [6.07, 6.45) is 2.44. The second-order valence-corrected chi connectivity index (χ2v) is 7.10. The number of hydrogen-bond donors (Lipinski definition) is 2. The summed E-state index contributed by atoms with van der Waals surface area (Å²) in [6, 6.07) is 8.98. The highest BCUT2D eigenvalue weighted by Gasteiger charge is 2.17. The van der Waals surface area contributed by atoms with Gasteiger partial charge >= 0.3 is 0 Å². The van der Waals surface area contributed by atoms with Gasteiger partial charge in [-0.15, -0.1) is 0 Å². The Hall–Kier alpha value is -2.74. The Balaban J connectivity index is 2.27. The van der Waals surface area contributed by atoms with E-state index in [1.54, 1.807) is 6.07 Å². The van der Waals surface area contributed by atoms with Crippen molar-refractivity contribution in [1.29, 1.82) is 0 Å². The number of H-pyrrole nitrogens is 1. The van der Waals surface area contributed by atoms with Gasteiger partial charge in [0.2, 0.25) is 15.0 Å². The van der Waals surface area contributed by atoms with Crippen LogP contribution in [0, 0.1) is 6.92 Å². The minimum absolute atomic E-state index is 0.155. The molecule has 118 valence electrons. The van der Waals surface area contributed by atoms with Gasteiger partial charge in [-0.2, -0.15) is 4.98 Å². The molecular formula is C15H14N4O3S. The summed E-state index contributed by atoms with van der Waals surface area (Å²) in [7, 11) is -3.60. The molecule has 1 aromatic carbocycles. The van der Waals surface area contributed by atoms with E-state index in [1.807, 2.05) is 25.1 Å². The highest BCUT2D eigenvalue weighted by molar-refractivity contribution is 7.90. The quantitative estimate of drug-likeness (QED) is 0.709. The Morgan fingerprint density at radius 2 is 1.96 bits per heavy atom. The van der Waals surface area contributed by atoms with E-state index in [9.17, 15) is 13.2 Å². The van der Waals surface area contributed by atoms with Crippen molar-refractivity contribution in [2.24, 2.45) is 0 Å². The van der Waals surface area contributed by atoms with Gasteiger partial charge in [-0.1, -0.05) is 12.1 Å². The normalized spacial score (nSPS) is 11.6. The van der Waals surface area contributed by atoms with Crippen molar-refractivity contribution >= 4 is 32.2 Å². The van der Waals surface area contributed by atoms with Crippen LogP contribution in [0.25, 0.3) is 10.9 Å². The van der Waals surface area contributed by atoms with Crippen LogP contribution < -0.4 is 10.9 Å². The number of sulfone groups is 1. The van der Waals surface area contributed by atoms with Crippen molar-refractivity contribution in [2.45, 2.75) is 12.1 Å². The molecule has 3 rings (SSSR count). The summed E-state index contributed by atoms with van der Waals surface area (Å²) in [5.41, 5.74) is 1.59. The highest BCUT2D eigenvalue weighted by atomic mass is 32.2. The van der Waals surface area contributed by atoms with E-state index >= 15 is 0 Å². The summed E-state index contributed by atoms with van der Waals surface area (Å²) >= 11 is 0. The maximum absolute atomic E-state index is 12.1. The molecule has 2 heterocycles. The van der Waals surface area contributed by atoms with Gasteiger partial charge in [0.1, 0.15) is 11.2 Å². The van der Waals surface area contributed by atoms with Gasteiger partial charge in [-0.3, -0.25) is 4.79 Å². The number of aryl methyl sites for hydroxylation is 1. The van der Waals surface area contributed by atoms with E-state index in [0.29, 0.717) is 5.69 Å². The molecular weight excluding hydrogens is 316 g/mol. The van der Waals surface area contributed by atoms with Crippen molar-refractivity contribution in [3.05, 3.63) is 52.4 Å². The first kappa shape index (κ1) is 15.2. The molecule has 0 radical (unpaired) electrons. The Morgan fingerprint density at radius 1 is 1.17 bits per heavy atom. The lowest BCUT2D eigenvalue weighted by molar-refractivity contribution is 0.594. The molecule has 0 fully saturated rings. The molecule has 0 bridgehead atoms. The molecule has 0 amide bonds. The van der Waals surface area contributed by atoms with Gasteiger partial charge < -0.3 is 10.3 Å². The number of nitrogens with one attached hydrogen (secondary N) is 2. The van der Waals surface area contributed by atoms with Crippen LogP contribution in [0.2, 0.25) is 0 Å². The average molecular weight is 330 g/mol. The maximum Gasteiger partial charge on any atom is 0.261 e. The number of nitrogens with zero attached hydrogens (tertiary/aromatic N) is 2. The van der Waals surface area contributed by atoms with Gasteiger partial charge in [0.25, 0.3) is 5.56 Å². The summed E-state index contributed by atoms with van der Waals surface area (Å²) in [5, 5.41) is 2.89. The average Bonchev–Trinajstić information content (AvgIpc) is 2.46. The lowest BCUT2D eigenvalue weighted by atomic mass is 10.2. The van der Waals surface area contributed by atoms with Crippen LogP contribution >= 0.6 is 0 Å². The molecule has 7 nitrogen and oxygen atoms in total. The van der Waals surface area contributed by atoms with Crippen molar-refractivity contribution in [3.8, 4) is 0 Å². The lowest BCUT2D eigenvalue weighted by Gasteiger charge is -2.10. The maximum atomic E-state index is 12.1. The van der Waals surface area contributed by atoms with Crippen molar-refractivity contribution in [3.63, 3.8) is 0 Å². The minimum Gasteiger partial charge on any atom is -0.339 e. The second-order valence-electron chi connectivity index (χ2n) is 5.19. The third kappa shape index (κ3) is 3.07. The Kier molecular flexibility index (Phi) is 3.61. The van der Waals surface area contributed by atoms with Crippen LogP contribution in [-0.2, 0) is 9.84 Å². The molecule has 2 aromatic heterocycles. The summed E-state index contributed by atoms with van der Waals surface area (Å²) < 4.78 is 23.6. The van der Waals surface area contributed by atoms with E-state index < -0.39 is 15.4 Å². The smallest absolute Gasteiger partial charge is 0.261 e. The van der Waals surface area contributed by atoms with E-state index in [4.69, 9.17) is 0 Å². The summed E-state index contributed by atoms with van der Waals surface area (Å²) in [6.45, 7) is 1.93. The van der Waals surface area contributed by atoms with E-state index in [0.717, 1.165) is 11.8 Å². The number of fused-ring (bicyclic) bond motifs is 1. The highest BCUT2D eigenvalue weighted by Crippen LogP contribution is 2.22. The van der Waals surface area contributed by atoms with Crippen LogP contribution in [0.1, 0.15) is 5.56 Å². The van der Waals surface area contributed by atoms with E-state index in [-0.39, 0.29) is 21.9 Å². The van der Waals surface area contributed by atoms with Crippen molar-refractivity contribution < 1.29 is 8.42 Å². The topological polar surface area (TPSA) is 105 Å². The van der Waals surface area contributed by atoms with Gasteiger partial charge in [-0.25, -0.2) is 13.4 Å². The van der Waals surface area contributed by atoms with Gasteiger partial charge in [-0.05, 0) is 30.7 Å². The fourth-order valence-corrected chi connectivity index (χ4v) is 2.71. The molecule has 2 N–H and O–H groups in total. The molecule has 0 unspecified atom stereocenters. The number of rotatable bonds is 3. The SMILES string of the molecule is Cc1cccc(Nc2nc(S(C)(=O)=O)nc3cc[nH]c(=O)c23)c1. The van der Waals surface area contributed by atoms with E-state index in [1.165, 1.54) is 12.3 Å². The van der Waals surface area contributed by atoms with Crippen LogP contribution in [0.15, 0.2) is 46.5 Å². The molecule has 0 saturated heterocycles. The largest absolute Gasteiger partial charge is 0.339 e. The van der Waals surface area contributed by atoms with Gasteiger partial charge in [0.05, 0.1) is 5.52 Å². The third-order valence-corrected chi connectivity index (χ3v) is 4.06. The summed E-state index contributed by atoms with van der Waals surface area (Å²) in [5.74, 6) is 0.155. The third-order valence-electron chi connectivity index (χ3n) is 3.21. The van der Waals surface area contributed by atoms with Crippen LogP contribution in [0.5, 0.6) is 0 Å². The molecule has 3 aromatic rings. The molecule has 0 atom stereocenters. The van der Waals surface area contributed by atoms with Crippen LogP contribution in [0.3, 0.4) is 0 Å². The minimum atomic E-state index is -3.60. The number of hydrogen-bond acceptors (Lipinski definition) is 6. The first-order valence-corrected chi connectivity index (χ1v) is 8.67. The first-order chi connectivity index (χ1) is 10.8. The number of benzene rings is 1. The fourth-order valence-electron chi connectivity index (χ4n) is 2.19. The predicted octanol–water partition coefficient (Wildman–Crippen LogP) is 1.77. The Morgan fingerprint density at radius 3 is 2.65 bits per heavy atom. The molecule has 0 aliphatic rings. The number of aromatic nitrogens is 3. The lowest BCUT2D eigenvalue weighted by Crippen LogP contribution is -2.13. The number of aromatic amines is 1. The zero-order valence-electron chi connectivity index (χ0n) is 12.5. The second kappa shape index (κ2) is 5.47. The molecule has 23 heavy (non-hydrogen) atoms. The monoisotopic (exact) mass is 330 g/mol. The number of pyridine rings is 1. The zero-order valence-corrected chi connectivity index (χ0v) is 13.3. The molecule has 0 saturated carbocycles. The van der Waals surface area contributed by atoms with E-state index in [2.05, 4.69) is 20.3 Å². The zero-order chi connectivity index (χ0) is 16.6. The van der Waals surface area contributed by atoms with Crippen molar-refractivity contribution in [2.75, 3.05) is 11.6 Å². The molecule has 0 aliphatic carbocycles. The standard InChI is InChI=1S/C15H14N4O3S/c1-9-4-3-5-10(8-9)17-13-12-11(6-7-16-14(12)20)18-15(19-13)23(2,21)22/h3-8H,1-2H3,(H,16,20)(H,17,18,19). The first-order valence-electron chi connectivity index (χ1n) is 6.78. The van der Waals surface area contributed by atoms with Gasteiger partial charge in [0, 0.05) is 18.1 Å². The van der Waals surface area contributed by atoms with Crippen molar-refractivity contribution in [1.82, 2.24) is 15.0 Å². The Labute approximate surface area is 132 Å². The fraction of sp³-hybridized carbons (Fsp3) is 0.133. The van der Waals surface area contributed by atoms with Crippen LogP contribution in [0.4, 0.5) is 11.5 Å². The predicted molar refractivity (Wildman–Crippen MR) is 87.7 cm³/mol. The Bertz CT molecular complexity index is 1060. The van der Waals surface area contributed by atoms with Crippen LogP contribution in [-0.4, -0.2) is 29.6 Å². The summed E-state index contributed by atoms with van der Waals surface area (Å²) in [4.78, 5) is 22.6. The van der Waals surface area contributed by atoms with Gasteiger partial charge in [0.15, 0.2) is 0 Å². The molecule has 0 aliphatic heterocycles. The number of anilines is 2. The molecule has 0 spiro atoms. The molecule has 8 heteroatoms.